The Morgan fingerprint density at radius 1 is 0.730 bits per heavy atom. The van der Waals surface area contributed by atoms with Crippen LogP contribution in [-0.4, -0.2) is 31.8 Å². The number of anilines is 5. The number of halogens is 5. The molecule has 384 valence electrons. The van der Waals surface area contributed by atoms with Crippen molar-refractivity contribution in [2.75, 3.05) is 25.4 Å². The number of aromatic nitrogens is 2. The van der Waals surface area contributed by atoms with E-state index in [-0.39, 0.29) is 89.7 Å². The van der Waals surface area contributed by atoms with Crippen LogP contribution in [0.4, 0.5) is 37.2 Å². The van der Waals surface area contributed by atoms with Crippen LogP contribution in [0.25, 0.3) is 44.2 Å². The molecule has 0 spiro atoms. The molecule has 14 nitrogen and oxygen atoms in total. The first kappa shape index (κ1) is 51.8. The average molecular weight is 1290 g/mol. The summed E-state index contributed by atoms with van der Waals surface area (Å²) in [7, 11) is -5.27. The van der Waals surface area contributed by atoms with Crippen LogP contribution in [0.5, 0.6) is 0 Å². The molecule has 2 aliphatic carbocycles. The Kier molecular flexibility index (Phi) is 14.1. The fourth-order valence-electron chi connectivity index (χ4n) is 9.36. The Morgan fingerprint density at radius 2 is 1.27 bits per heavy atom. The van der Waals surface area contributed by atoms with Gasteiger partial charge in [0, 0.05) is 26.4 Å². The predicted octanol–water partition coefficient (Wildman–Crippen LogP) is 8.02. The molecule has 0 bridgehead atoms. The van der Waals surface area contributed by atoms with Gasteiger partial charge in [-0.1, -0.05) is 6.07 Å². The van der Waals surface area contributed by atoms with Gasteiger partial charge in [-0.25, -0.2) is 4.39 Å². The number of fused-ring (bicyclic) bond motifs is 2. The molecule has 4 aromatic carbocycles. The van der Waals surface area contributed by atoms with Crippen LogP contribution in [0.15, 0.2) is 107 Å². The monoisotopic (exact) mass is 1290 g/mol. The second-order valence-corrected chi connectivity index (χ2v) is 27.1. The van der Waals surface area contributed by atoms with Crippen molar-refractivity contribution in [2.45, 2.75) is 71.2 Å². The number of benzene rings is 4. The van der Waals surface area contributed by atoms with E-state index >= 15 is 8.78 Å². The molecule has 0 aliphatic heterocycles. The normalized spacial score (nSPS) is 14.2. The summed E-state index contributed by atoms with van der Waals surface area (Å²) in [6, 6.07) is 20.5. The van der Waals surface area contributed by atoms with Crippen LogP contribution in [-0.2, 0) is 26.6 Å². The van der Waals surface area contributed by atoms with E-state index in [0.717, 1.165) is 18.4 Å². The Morgan fingerprint density at radius 3 is 1.82 bits per heavy atom. The zero-order valence-electron chi connectivity index (χ0n) is 40.2. The van der Waals surface area contributed by atoms with Gasteiger partial charge in [-0.3, -0.25) is 4.21 Å². The second-order valence-electron chi connectivity index (χ2n) is 18.5. The molecule has 0 unspecified atom stereocenters. The fourth-order valence-corrected chi connectivity index (χ4v) is 15.3. The molecule has 4 aromatic heterocycles. The summed E-state index contributed by atoms with van der Waals surface area (Å²) in [5.74, 6) is -1.05. The van der Waals surface area contributed by atoms with Gasteiger partial charge in [-0.2, -0.15) is 0 Å². The van der Waals surface area contributed by atoms with Gasteiger partial charge in [-0.15, -0.1) is 0 Å². The Bertz CT molecular complexity index is 4100. The van der Waals surface area contributed by atoms with E-state index in [2.05, 4.69) is 15.4 Å². The van der Waals surface area contributed by atoms with E-state index in [1.165, 1.54) is 44.2 Å². The molecule has 1 atom stereocenters. The van der Waals surface area contributed by atoms with Crippen LogP contribution in [0.3, 0.4) is 0 Å². The van der Waals surface area contributed by atoms with Gasteiger partial charge >= 0.3 is 369 Å². The first-order valence-electron chi connectivity index (χ1n) is 23.2. The van der Waals surface area contributed by atoms with Crippen LogP contribution in [0.2, 0.25) is 5.02 Å². The van der Waals surface area contributed by atoms with Gasteiger partial charge in [0.05, 0.1) is 0 Å². The summed E-state index contributed by atoms with van der Waals surface area (Å²) in [6.45, 7) is 6.45. The number of sulfonamides is 1. The van der Waals surface area contributed by atoms with Gasteiger partial charge in [0.1, 0.15) is 5.82 Å². The zero-order chi connectivity index (χ0) is 52.7. The maximum atomic E-state index is 16.2. The van der Waals surface area contributed by atoms with Crippen molar-refractivity contribution < 1.29 is 51.4 Å². The Balaban J connectivity index is 0.946. The van der Waals surface area contributed by atoms with Gasteiger partial charge in [0.25, 0.3) is 0 Å². The quantitative estimate of drug-likeness (QED) is 0.0666. The maximum absolute atomic E-state index is 16.2. The topological polar surface area (TPSA) is 192 Å². The van der Waals surface area contributed by atoms with E-state index in [1.54, 1.807) is 53.5 Å². The summed E-state index contributed by atoms with van der Waals surface area (Å²) in [4.78, 5) is 55.8. The van der Waals surface area contributed by atoms with Crippen LogP contribution in [0.1, 0.15) is 65.8 Å². The third kappa shape index (κ3) is 9.87. The molecule has 2 saturated carbocycles. The van der Waals surface area contributed by atoms with Crippen molar-refractivity contribution in [1.82, 2.24) is 9.13 Å². The first-order chi connectivity index (χ1) is 35.2. The Hall–Kier alpha value is -5.69. The van der Waals surface area contributed by atoms with E-state index in [4.69, 9.17) is 20.4 Å². The summed E-state index contributed by atoms with van der Waals surface area (Å²) < 4.78 is 89.6. The van der Waals surface area contributed by atoms with Crippen molar-refractivity contribution in [1.29, 1.82) is 0 Å². The van der Waals surface area contributed by atoms with Crippen molar-refractivity contribution in [2.24, 2.45) is 0 Å². The van der Waals surface area contributed by atoms with E-state index in [0.29, 0.717) is 48.2 Å². The van der Waals surface area contributed by atoms with Gasteiger partial charge in [0.15, 0.2) is 0 Å². The van der Waals surface area contributed by atoms with Crippen LogP contribution < -0.4 is 58.9 Å². The number of nitrogens with zero attached hydrogens (tertiary/aromatic N) is 2. The number of alkyl halides is 1. The van der Waals surface area contributed by atoms with E-state index in [9.17, 15) is 31.8 Å². The number of hydrogen-bond donors (Lipinski definition) is 3. The molecule has 21 heteroatoms. The molecule has 74 heavy (non-hydrogen) atoms. The van der Waals surface area contributed by atoms with Crippen molar-refractivity contribution in [3.8, 4) is 22.3 Å². The van der Waals surface area contributed by atoms with Gasteiger partial charge in [-0.05, 0) is 40.8 Å². The van der Waals surface area contributed by atoms with Crippen LogP contribution >= 0.6 is 34.2 Å². The molecule has 2 fully saturated rings. The van der Waals surface area contributed by atoms with E-state index in [1.807, 2.05) is 46.9 Å². The summed E-state index contributed by atoms with van der Waals surface area (Å²) in [5.41, 5.74) is 1.34. The number of rotatable bonds is 15. The van der Waals surface area contributed by atoms with Crippen molar-refractivity contribution in [3.63, 3.8) is 0 Å². The molecular weight excluding hydrogens is 1240 g/mol. The molecule has 3 N–H and O–H groups in total. The number of pyridine rings is 2. The predicted molar refractivity (Wildman–Crippen MR) is 291 cm³/mol. The summed E-state index contributed by atoms with van der Waals surface area (Å²) in [5, 5.41) is 6.01. The molecule has 2 aliphatic rings. The van der Waals surface area contributed by atoms with E-state index < -0.39 is 79.8 Å². The molecule has 4 heterocycles. The van der Waals surface area contributed by atoms with Crippen molar-refractivity contribution in [3.05, 3.63) is 172 Å². The standard InChI is InChI=1S/C53H45ClF2I2N5O9S2/c1-25-46(43-48(71-52(25)66)41(27(3)62(50(43)64)33-14-15-33)30-9-6-8-29(20-30)23-73(5)68)60-39-19-13-32(22-37(39)56)58-24-74(69,70)61-40-11-7-10-35(45(40)54)42-28(4)63(34-16-17-34)51(65)44-47(26(2)53(67)72-49(42)44)59-38-18-12-31(57)21-36(38)55/h6-13,18-22,33-34,59-61H,14-17,23-24H2,1-5H3/q-1/t73-/m0/s1. The van der Waals surface area contributed by atoms with Gasteiger partial charge in [0.2, 0.25) is 0 Å². The average Bonchev–Trinajstić information content (AvgIpc) is 4.29. The Labute approximate surface area is 453 Å². The molecule has 0 amide bonds. The number of hydrogen-bond acceptors (Lipinski definition) is 11. The third-order valence-electron chi connectivity index (χ3n) is 13.1. The van der Waals surface area contributed by atoms with Crippen molar-refractivity contribution >= 4 is 105 Å². The van der Waals surface area contributed by atoms with Gasteiger partial charge < -0.3 is 0 Å². The minimum absolute atomic E-state index is 0.00278. The SMILES string of the molecule is Cc1c(Nc2ccc([I-]CS(=O)(=O)Nc3cccc(-c4c(C)n(C5CC5)c(=O)c5c(Nc6ccc(I)cc6F)c(C)c(=O)oc45)c3Cl)cc2F)c2c(=O)n(C3CC3)c(C)c(-c3cccc(C[S@](C)=O)c3)c2oc1=O. The summed E-state index contributed by atoms with van der Waals surface area (Å²) in [6.07, 6.45) is 4.58. The molecular formula is C53H45ClF2I2N5O9S2-. The van der Waals surface area contributed by atoms with Crippen LogP contribution in [0, 0.1) is 46.5 Å². The molecule has 8 aromatic rings. The summed E-state index contributed by atoms with van der Waals surface area (Å²) >= 11 is 7.64. The third-order valence-corrected chi connectivity index (χ3v) is 20.8. The molecule has 10 rings (SSSR count). The zero-order valence-corrected chi connectivity index (χ0v) is 46.9. The molecule has 0 radical (unpaired) electrons. The fraction of sp³-hybridized carbons (Fsp3) is 0.245. The second kappa shape index (κ2) is 20.1. The minimum atomic E-state index is -4.14. The first-order valence-corrected chi connectivity index (χ1v) is 30.7. The number of nitrogens with one attached hydrogen (secondary N) is 3. The molecule has 0 saturated heterocycles.